The number of benzene rings is 1. The van der Waals surface area contributed by atoms with E-state index in [1.165, 1.54) is 11.8 Å². The molecule has 0 atom stereocenters. The van der Waals surface area contributed by atoms with Crippen molar-refractivity contribution in [1.82, 2.24) is 5.32 Å². The maximum Gasteiger partial charge on any atom is 0.492 e. The lowest BCUT2D eigenvalue weighted by Gasteiger charge is -2.10. The van der Waals surface area contributed by atoms with Crippen molar-refractivity contribution in [2.24, 2.45) is 0 Å². The minimum Gasteiger partial charge on any atom is -0.390 e. The first-order chi connectivity index (χ1) is 13.9. The quantitative estimate of drug-likeness (QED) is 0.203. The molecule has 0 saturated carbocycles. The van der Waals surface area contributed by atoms with Crippen LogP contribution in [0, 0.1) is 0 Å². The average molecular weight is 448 g/mol. The summed E-state index contributed by atoms with van der Waals surface area (Å²) >= 11 is 1.22. The summed E-state index contributed by atoms with van der Waals surface area (Å²) in [7, 11) is -4.03. The largest absolute Gasteiger partial charge is 0.492 e. The van der Waals surface area contributed by atoms with Gasteiger partial charge in [-0.05, 0) is 12.0 Å². The van der Waals surface area contributed by atoms with Crippen LogP contribution in [0.1, 0.15) is 12.0 Å². The Balaban J connectivity index is 1.86. The molecule has 0 heterocycles. The lowest BCUT2D eigenvalue weighted by molar-refractivity contribution is -0.126. The first kappa shape index (κ1) is 25.7. The molecule has 29 heavy (non-hydrogen) atoms. The van der Waals surface area contributed by atoms with Crippen LogP contribution < -0.4 is 5.32 Å². The molecular formula is C18H29NO8SSi. The molecule has 0 spiro atoms. The monoisotopic (exact) mass is 447 g/mol. The minimum atomic E-state index is -4.03. The van der Waals surface area contributed by atoms with Crippen molar-refractivity contribution in [3.05, 3.63) is 35.9 Å². The SMILES string of the molecule is O=C(COCCOCCOCC(=O)SCc1ccccc1)NCCC[Si](O)(O)O. The van der Waals surface area contributed by atoms with Gasteiger partial charge in [-0.2, -0.15) is 0 Å². The number of carbonyl (C=O) groups is 2. The van der Waals surface area contributed by atoms with E-state index >= 15 is 0 Å². The van der Waals surface area contributed by atoms with E-state index in [2.05, 4.69) is 5.32 Å². The lowest BCUT2D eigenvalue weighted by Crippen LogP contribution is -2.36. The second-order valence-electron chi connectivity index (χ2n) is 6.09. The van der Waals surface area contributed by atoms with E-state index in [9.17, 15) is 9.59 Å². The fourth-order valence-corrected chi connectivity index (χ4v) is 3.38. The summed E-state index contributed by atoms with van der Waals surface area (Å²) in [5.74, 6) is 0.290. The molecule has 0 unspecified atom stereocenters. The molecule has 11 heteroatoms. The number of nitrogens with one attached hydrogen (secondary N) is 1. The first-order valence-electron chi connectivity index (χ1n) is 9.23. The molecule has 1 aromatic carbocycles. The van der Waals surface area contributed by atoms with Crippen LogP contribution in [0.25, 0.3) is 0 Å². The Kier molecular flexibility index (Phi) is 13.8. The number of thioether (sulfide) groups is 1. The van der Waals surface area contributed by atoms with Crippen molar-refractivity contribution >= 4 is 31.6 Å². The van der Waals surface area contributed by atoms with Crippen LogP contribution in [0.4, 0.5) is 0 Å². The topological polar surface area (TPSA) is 135 Å². The maximum atomic E-state index is 11.7. The molecule has 4 N–H and O–H groups in total. The summed E-state index contributed by atoms with van der Waals surface area (Å²) in [6, 6.07) is 9.61. The van der Waals surface area contributed by atoms with Crippen molar-refractivity contribution in [2.45, 2.75) is 18.2 Å². The zero-order chi connectivity index (χ0) is 21.4. The van der Waals surface area contributed by atoms with E-state index in [0.717, 1.165) is 5.56 Å². The Morgan fingerprint density at radius 2 is 1.55 bits per heavy atom. The van der Waals surface area contributed by atoms with E-state index in [4.69, 9.17) is 28.6 Å². The summed E-state index contributed by atoms with van der Waals surface area (Å²) in [4.78, 5) is 49.6. The summed E-state index contributed by atoms with van der Waals surface area (Å²) in [6.45, 7) is 1.27. The third-order valence-corrected chi connectivity index (χ3v) is 5.39. The van der Waals surface area contributed by atoms with Crippen molar-refractivity contribution < 1.29 is 38.2 Å². The predicted molar refractivity (Wildman–Crippen MR) is 110 cm³/mol. The number of amides is 1. The van der Waals surface area contributed by atoms with Crippen molar-refractivity contribution in [3.63, 3.8) is 0 Å². The highest BCUT2D eigenvalue weighted by atomic mass is 32.2. The molecule has 0 aromatic heterocycles. The van der Waals surface area contributed by atoms with Crippen LogP contribution in [-0.2, 0) is 29.6 Å². The lowest BCUT2D eigenvalue weighted by atomic mass is 10.2. The van der Waals surface area contributed by atoms with Crippen molar-refractivity contribution in [3.8, 4) is 0 Å². The van der Waals surface area contributed by atoms with Gasteiger partial charge in [-0.1, -0.05) is 42.1 Å². The summed E-state index contributed by atoms with van der Waals surface area (Å²) in [5, 5.41) is 2.50. The van der Waals surface area contributed by atoms with Gasteiger partial charge in [0.05, 0.1) is 26.4 Å². The zero-order valence-corrected chi connectivity index (χ0v) is 18.1. The molecule has 164 valence electrons. The van der Waals surface area contributed by atoms with E-state index < -0.39 is 8.80 Å². The molecule has 1 amide bonds. The van der Waals surface area contributed by atoms with Gasteiger partial charge in [0.25, 0.3) is 0 Å². The molecule has 1 rings (SSSR count). The molecule has 0 aliphatic heterocycles. The Hall–Kier alpha value is -1.31. The summed E-state index contributed by atoms with van der Waals surface area (Å²) in [6.07, 6.45) is 0.276. The van der Waals surface area contributed by atoms with Crippen molar-refractivity contribution in [1.29, 1.82) is 0 Å². The Morgan fingerprint density at radius 1 is 0.931 bits per heavy atom. The van der Waals surface area contributed by atoms with E-state index in [1.54, 1.807) is 0 Å². The molecule has 1 aromatic rings. The van der Waals surface area contributed by atoms with Gasteiger partial charge in [-0.25, -0.2) is 0 Å². The van der Waals surface area contributed by atoms with Crippen molar-refractivity contribution in [2.75, 3.05) is 46.2 Å². The highest BCUT2D eigenvalue weighted by molar-refractivity contribution is 8.13. The minimum absolute atomic E-state index is 0.0317. The number of ether oxygens (including phenoxy) is 3. The third kappa shape index (κ3) is 16.2. The molecule has 0 saturated heterocycles. The smallest absolute Gasteiger partial charge is 0.390 e. The third-order valence-electron chi connectivity index (χ3n) is 3.45. The molecule has 0 radical (unpaired) electrons. The van der Waals surface area contributed by atoms with Gasteiger partial charge in [0.15, 0.2) is 0 Å². The van der Waals surface area contributed by atoms with E-state index in [-0.39, 0.29) is 49.9 Å². The Bertz CT molecular complexity index is 585. The van der Waals surface area contributed by atoms with E-state index in [1.807, 2.05) is 30.3 Å². The zero-order valence-electron chi connectivity index (χ0n) is 16.2. The van der Waals surface area contributed by atoms with Crippen LogP contribution in [0.2, 0.25) is 6.04 Å². The number of hydrogen-bond acceptors (Lipinski definition) is 9. The molecule has 0 aliphatic rings. The second-order valence-corrected chi connectivity index (χ2v) is 9.17. The molecule has 0 bridgehead atoms. The molecule has 9 nitrogen and oxygen atoms in total. The molecule has 0 fully saturated rings. The fourth-order valence-electron chi connectivity index (χ4n) is 2.04. The van der Waals surface area contributed by atoms with Gasteiger partial charge in [0, 0.05) is 18.3 Å². The van der Waals surface area contributed by atoms with Gasteiger partial charge < -0.3 is 33.9 Å². The standard InChI is InChI=1S/C18H29NO8SSi/c20-17(19-7-4-12-29(22,23)24)13-26-10-8-25-9-11-27-14-18(21)28-15-16-5-2-1-3-6-16/h1-3,5-6,22-24H,4,7-15H2,(H,19,20). The van der Waals surface area contributed by atoms with Crippen LogP contribution >= 0.6 is 11.8 Å². The molecular weight excluding hydrogens is 418 g/mol. The van der Waals surface area contributed by atoms with E-state index in [0.29, 0.717) is 25.6 Å². The fraction of sp³-hybridized carbons (Fsp3) is 0.556. The first-order valence-corrected chi connectivity index (χ1v) is 12.3. The highest BCUT2D eigenvalue weighted by Crippen LogP contribution is 2.12. The second kappa shape index (κ2) is 15.5. The van der Waals surface area contributed by atoms with Crippen LogP contribution in [-0.4, -0.2) is 80.4 Å². The number of rotatable bonds is 16. The van der Waals surface area contributed by atoms with Crippen LogP contribution in [0.15, 0.2) is 30.3 Å². The van der Waals surface area contributed by atoms with Gasteiger partial charge >= 0.3 is 8.80 Å². The van der Waals surface area contributed by atoms with Gasteiger partial charge in [0.2, 0.25) is 11.0 Å². The summed E-state index contributed by atoms with van der Waals surface area (Å²) in [5.41, 5.74) is 1.09. The average Bonchev–Trinajstić information content (AvgIpc) is 2.68. The maximum absolute atomic E-state index is 11.7. The van der Waals surface area contributed by atoms with Gasteiger partial charge in [-0.3, -0.25) is 9.59 Å². The van der Waals surface area contributed by atoms with Gasteiger partial charge in [-0.15, -0.1) is 0 Å². The van der Waals surface area contributed by atoms with Crippen LogP contribution in [0.5, 0.6) is 0 Å². The normalized spacial score (nSPS) is 11.4. The van der Waals surface area contributed by atoms with Gasteiger partial charge in [0.1, 0.15) is 13.2 Å². The van der Waals surface area contributed by atoms with Crippen LogP contribution in [0.3, 0.4) is 0 Å². The highest BCUT2D eigenvalue weighted by Gasteiger charge is 2.25. The molecule has 0 aliphatic carbocycles. The Labute approximate surface area is 175 Å². The Morgan fingerprint density at radius 3 is 2.21 bits per heavy atom. The summed E-state index contributed by atoms with van der Waals surface area (Å²) < 4.78 is 15.7. The number of hydrogen-bond donors (Lipinski definition) is 4. The number of carbonyl (C=O) groups excluding carboxylic acids is 2. The predicted octanol–water partition coefficient (Wildman–Crippen LogP) is -0.0817.